The number of quaternary nitrogens is 1. The number of hydrogen-bond acceptors (Lipinski definition) is 2. The molecule has 1 aliphatic rings. The van der Waals surface area contributed by atoms with E-state index in [0.717, 1.165) is 16.7 Å². The number of halogens is 1. The first-order chi connectivity index (χ1) is 11.2. The molecule has 1 atom stereocenters. The van der Waals surface area contributed by atoms with E-state index in [1.807, 2.05) is 35.6 Å². The molecule has 1 aromatic heterocycles. The summed E-state index contributed by atoms with van der Waals surface area (Å²) >= 11 is 10.8. The van der Waals surface area contributed by atoms with Crippen molar-refractivity contribution in [2.45, 2.75) is 18.9 Å². The minimum Gasteiger partial charge on any atom is -0.356 e. The van der Waals surface area contributed by atoms with Gasteiger partial charge >= 0.3 is 0 Å². The van der Waals surface area contributed by atoms with Gasteiger partial charge in [0.25, 0.3) is 0 Å². The van der Waals surface area contributed by atoms with Gasteiger partial charge in [-0.1, -0.05) is 28.1 Å². The van der Waals surface area contributed by atoms with Crippen LogP contribution in [0.5, 0.6) is 0 Å². The second-order valence-corrected chi connectivity index (χ2v) is 8.08. The predicted molar refractivity (Wildman–Crippen MR) is 105 cm³/mol. The van der Waals surface area contributed by atoms with Crippen molar-refractivity contribution in [2.24, 2.45) is 0 Å². The highest BCUT2D eigenvalue weighted by Gasteiger charge is 2.28. The van der Waals surface area contributed by atoms with Crippen LogP contribution >= 0.6 is 39.5 Å². The second-order valence-electron chi connectivity index (χ2n) is 5.78. The summed E-state index contributed by atoms with van der Waals surface area (Å²) in [7, 11) is 0. The topological polar surface area (TPSA) is 28.5 Å². The van der Waals surface area contributed by atoms with Crippen molar-refractivity contribution < 1.29 is 4.90 Å². The Morgan fingerprint density at radius 3 is 2.78 bits per heavy atom. The molecule has 0 amide bonds. The lowest BCUT2D eigenvalue weighted by Gasteiger charge is -2.24. The maximum atomic E-state index is 5.46. The molecule has 0 radical (unpaired) electrons. The molecule has 1 aromatic carbocycles. The molecule has 0 unspecified atom stereocenters. The summed E-state index contributed by atoms with van der Waals surface area (Å²) in [5, 5.41) is 9.51. The number of nitrogens with one attached hydrogen (secondary N) is 3. The lowest BCUT2D eigenvalue weighted by atomic mass is 10.2. The normalized spacial score (nSPS) is 16.2. The van der Waals surface area contributed by atoms with Gasteiger partial charge in [-0.3, -0.25) is 0 Å². The second kappa shape index (κ2) is 8.24. The minimum atomic E-state index is 0.486. The highest BCUT2D eigenvalue weighted by molar-refractivity contribution is 9.10. The van der Waals surface area contributed by atoms with Crippen molar-refractivity contribution in [3.63, 3.8) is 0 Å². The third-order valence-corrected chi connectivity index (χ3v) is 5.90. The fourth-order valence-electron chi connectivity index (χ4n) is 3.05. The zero-order chi connectivity index (χ0) is 16.1. The molecule has 2 heterocycles. The molecule has 122 valence electrons. The number of hydrogen-bond donors (Lipinski definition) is 3. The Morgan fingerprint density at radius 1 is 1.26 bits per heavy atom. The van der Waals surface area contributed by atoms with Crippen LogP contribution in [0, 0.1) is 0 Å². The van der Waals surface area contributed by atoms with Crippen LogP contribution in [0.1, 0.15) is 23.8 Å². The summed E-state index contributed by atoms with van der Waals surface area (Å²) in [4.78, 5) is 3.12. The van der Waals surface area contributed by atoms with Gasteiger partial charge in [0.15, 0.2) is 5.11 Å². The van der Waals surface area contributed by atoms with Crippen LogP contribution < -0.4 is 15.5 Å². The van der Waals surface area contributed by atoms with Crippen LogP contribution in [0.2, 0.25) is 0 Å². The molecule has 23 heavy (non-hydrogen) atoms. The predicted octanol–water partition coefficient (Wildman–Crippen LogP) is 3.22. The van der Waals surface area contributed by atoms with Crippen molar-refractivity contribution in [3.8, 4) is 0 Å². The maximum Gasteiger partial charge on any atom is 0.171 e. The Hall–Kier alpha value is -0.950. The number of anilines is 1. The maximum absolute atomic E-state index is 5.46. The fraction of sp³-hybridized carbons (Fsp3) is 0.353. The summed E-state index contributed by atoms with van der Waals surface area (Å²) in [6, 6.07) is 12.9. The zero-order valence-corrected chi connectivity index (χ0v) is 16.1. The Balaban J connectivity index is 1.59. The fourth-order valence-corrected chi connectivity index (χ4v) is 4.54. The molecule has 0 aliphatic carbocycles. The van der Waals surface area contributed by atoms with Gasteiger partial charge in [0, 0.05) is 23.0 Å². The SMILES string of the molecule is S=C(NC[C@H](c1cccs1)[NH+]1CCCC1)Nc1cccc(Br)c1. The van der Waals surface area contributed by atoms with Crippen molar-refractivity contribution in [3.05, 3.63) is 51.1 Å². The molecule has 0 saturated carbocycles. The molecule has 1 saturated heterocycles. The average molecular weight is 411 g/mol. The first-order valence-corrected chi connectivity index (χ1v) is 9.99. The van der Waals surface area contributed by atoms with Crippen molar-refractivity contribution in [2.75, 3.05) is 25.0 Å². The summed E-state index contributed by atoms with van der Waals surface area (Å²) in [5.74, 6) is 0. The molecular formula is C17H21BrN3S2+. The zero-order valence-electron chi connectivity index (χ0n) is 12.8. The van der Waals surface area contributed by atoms with Crippen molar-refractivity contribution in [1.82, 2.24) is 5.32 Å². The average Bonchev–Trinajstić information content (AvgIpc) is 3.21. The van der Waals surface area contributed by atoms with Gasteiger partial charge in [-0.05, 0) is 41.9 Å². The van der Waals surface area contributed by atoms with E-state index in [-0.39, 0.29) is 0 Å². The molecule has 3 nitrogen and oxygen atoms in total. The molecule has 3 N–H and O–H groups in total. The monoisotopic (exact) mass is 410 g/mol. The first kappa shape index (κ1) is 16.9. The number of thiocarbonyl (C=S) groups is 1. The Bertz CT molecular complexity index is 639. The minimum absolute atomic E-state index is 0.486. The number of benzene rings is 1. The lowest BCUT2D eigenvalue weighted by Crippen LogP contribution is -3.11. The van der Waals surface area contributed by atoms with E-state index in [4.69, 9.17) is 12.2 Å². The summed E-state index contributed by atoms with van der Waals surface area (Å²) in [6.07, 6.45) is 2.66. The van der Waals surface area contributed by atoms with Gasteiger partial charge in [0.2, 0.25) is 0 Å². The van der Waals surface area contributed by atoms with Crippen molar-refractivity contribution in [1.29, 1.82) is 0 Å². The van der Waals surface area contributed by atoms with Gasteiger partial charge in [-0.2, -0.15) is 0 Å². The number of rotatable bonds is 5. The van der Waals surface area contributed by atoms with Crippen LogP contribution in [0.3, 0.4) is 0 Å². The van der Waals surface area contributed by atoms with E-state index in [0.29, 0.717) is 11.2 Å². The Morgan fingerprint density at radius 2 is 2.09 bits per heavy atom. The summed E-state index contributed by atoms with van der Waals surface area (Å²) in [5.41, 5.74) is 0.998. The van der Waals surface area contributed by atoms with Crippen LogP contribution in [-0.4, -0.2) is 24.7 Å². The molecule has 0 spiro atoms. The van der Waals surface area contributed by atoms with E-state index in [1.54, 1.807) is 4.90 Å². The highest BCUT2D eigenvalue weighted by atomic mass is 79.9. The van der Waals surface area contributed by atoms with E-state index in [9.17, 15) is 0 Å². The Kier molecular flexibility index (Phi) is 6.05. The third kappa shape index (κ3) is 4.76. The summed E-state index contributed by atoms with van der Waals surface area (Å²) in [6.45, 7) is 3.39. The molecular weight excluding hydrogens is 390 g/mol. The number of likely N-dealkylation sites (tertiary alicyclic amines) is 1. The van der Waals surface area contributed by atoms with Crippen LogP contribution in [0.15, 0.2) is 46.3 Å². The van der Waals surface area contributed by atoms with E-state index in [1.165, 1.54) is 30.8 Å². The Labute approximate surface area is 155 Å². The van der Waals surface area contributed by atoms with Gasteiger partial charge in [-0.25, -0.2) is 0 Å². The molecule has 1 aliphatic heterocycles. The molecule has 6 heteroatoms. The molecule has 1 fully saturated rings. The summed E-state index contributed by atoms with van der Waals surface area (Å²) < 4.78 is 1.04. The molecule has 0 bridgehead atoms. The van der Waals surface area contributed by atoms with E-state index >= 15 is 0 Å². The van der Waals surface area contributed by atoms with Gasteiger partial charge in [0.1, 0.15) is 6.04 Å². The van der Waals surface area contributed by atoms with E-state index in [2.05, 4.69) is 44.1 Å². The van der Waals surface area contributed by atoms with Gasteiger partial charge in [0.05, 0.1) is 24.5 Å². The number of thiophene rings is 1. The first-order valence-electron chi connectivity index (χ1n) is 7.91. The van der Waals surface area contributed by atoms with Crippen LogP contribution in [0.4, 0.5) is 5.69 Å². The third-order valence-electron chi connectivity index (χ3n) is 4.17. The van der Waals surface area contributed by atoms with Crippen LogP contribution in [0.25, 0.3) is 0 Å². The van der Waals surface area contributed by atoms with Gasteiger partial charge < -0.3 is 15.5 Å². The quantitative estimate of drug-likeness (QED) is 0.660. The van der Waals surface area contributed by atoms with Crippen molar-refractivity contribution >= 4 is 50.3 Å². The molecule has 3 rings (SSSR count). The lowest BCUT2D eigenvalue weighted by molar-refractivity contribution is -0.918. The largest absolute Gasteiger partial charge is 0.356 e. The van der Waals surface area contributed by atoms with Crippen LogP contribution in [-0.2, 0) is 0 Å². The standard InChI is InChI=1S/C17H20BrN3S2/c18-13-5-3-6-14(11-13)20-17(22)19-12-15(16-7-4-10-23-16)21-8-1-2-9-21/h3-7,10-11,15H,1-2,8-9,12H2,(H2,19,20,22)/p+1/t15-/m1/s1. The molecule has 2 aromatic rings. The highest BCUT2D eigenvalue weighted by Crippen LogP contribution is 2.18. The van der Waals surface area contributed by atoms with E-state index < -0.39 is 0 Å². The smallest absolute Gasteiger partial charge is 0.171 e. The van der Waals surface area contributed by atoms with Gasteiger partial charge in [-0.15, -0.1) is 11.3 Å².